The van der Waals surface area contributed by atoms with Gasteiger partial charge in [0.15, 0.2) is 0 Å². The summed E-state index contributed by atoms with van der Waals surface area (Å²) in [5, 5.41) is 3.54. The Bertz CT molecular complexity index is 563. The van der Waals surface area contributed by atoms with E-state index in [0.717, 1.165) is 10.2 Å². The molecule has 92 valence electrons. The van der Waals surface area contributed by atoms with Crippen molar-refractivity contribution in [3.05, 3.63) is 58.1 Å². The Kier molecular flexibility index (Phi) is 3.37. The highest BCUT2D eigenvalue weighted by Gasteiger charge is 2.12. The molecular formula is C16H16BrN. The molecule has 18 heavy (non-hydrogen) atoms. The first-order chi connectivity index (χ1) is 8.83. The second-order valence-electron chi connectivity index (χ2n) is 4.79. The van der Waals surface area contributed by atoms with Crippen molar-refractivity contribution in [1.29, 1.82) is 0 Å². The predicted molar refractivity (Wildman–Crippen MR) is 80.5 cm³/mol. The van der Waals surface area contributed by atoms with E-state index in [4.69, 9.17) is 0 Å². The van der Waals surface area contributed by atoms with E-state index in [0.29, 0.717) is 0 Å². The molecule has 1 aliphatic carbocycles. The summed E-state index contributed by atoms with van der Waals surface area (Å²) in [4.78, 5) is 0. The molecule has 0 bridgehead atoms. The van der Waals surface area contributed by atoms with Crippen LogP contribution in [0.1, 0.15) is 24.0 Å². The minimum Gasteiger partial charge on any atom is -0.355 e. The molecule has 0 aliphatic heterocycles. The van der Waals surface area contributed by atoms with Gasteiger partial charge in [0.1, 0.15) is 0 Å². The van der Waals surface area contributed by atoms with Gasteiger partial charge in [-0.15, -0.1) is 0 Å². The molecule has 1 N–H and O–H groups in total. The van der Waals surface area contributed by atoms with Gasteiger partial charge in [-0.1, -0.05) is 34.1 Å². The van der Waals surface area contributed by atoms with Gasteiger partial charge in [-0.2, -0.15) is 0 Å². The van der Waals surface area contributed by atoms with Crippen molar-refractivity contribution in [1.82, 2.24) is 0 Å². The zero-order valence-electron chi connectivity index (χ0n) is 10.2. The molecule has 0 aromatic heterocycles. The molecule has 3 rings (SSSR count). The molecule has 0 atom stereocenters. The number of nitrogens with one attached hydrogen (secondary N) is 1. The van der Waals surface area contributed by atoms with Crippen molar-refractivity contribution < 1.29 is 0 Å². The number of hydrogen-bond acceptors (Lipinski definition) is 1. The van der Waals surface area contributed by atoms with E-state index in [1.807, 2.05) is 6.07 Å². The van der Waals surface area contributed by atoms with Crippen LogP contribution in [-0.4, -0.2) is 0 Å². The Balaban J connectivity index is 1.93. The first-order valence-electron chi connectivity index (χ1n) is 6.46. The van der Waals surface area contributed by atoms with Crippen molar-refractivity contribution in [2.24, 2.45) is 0 Å². The zero-order valence-corrected chi connectivity index (χ0v) is 11.8. The standard InChI is InChI=1S/C16H16BrN/c17-13-7-4-8-14(11-13)18-16-10-3-6-12-5-1-2-9-15(12)16/h3-4,6-8,10-11,18H,1-2,5,9H2. The van der Waals surface area contributed by atoms with E-state index in [2.05, 4.69) is 57.6 Å². The number of hydrogen-bond donors (Lipinski definition) is 1. The number of rotatable bonds is 2. The van der Waals surface area contributed by atoms with Crippen molar-refractivity contribution in [3.8, 4) is 0 Å². The fraction of sp³-hybridized carbons (Fsp3) is 0.250. The van der Waals surface area contributed by atoms with Gasteiger partial charge in [0, 0.05) is 15.8 Å². The highest BCUT2D eigenvalue weighted by Crippen LogP contribution is 2.30. The summed E-state index contributed by atoms with van der Waals surface area (Å²) in [6.07, 6.45) is 5.06. The summed E-state index contributed by atoms with van der Waals surface area (Å²) >= 11 is 3.51. The highest BCUT2D eigenvalue weighted by atomic mass is 79.9. The highest BCUT2D eigenvalue weighted by molar-refractivity contribution is 9.10. The minimum absolute atomic E-state index is 1.11. The minimum atomic E-state index is 1.11. The van der Waals surface area contributed by atoms with Crippen LogP contribution in [0.15, 0.2) is 46.9 Å². The van der Waals surface area contributed by atoms with Crippen molar-refractivity contribution in [3.63, 3.8) is 0 Å². The lowest BCUT2D eigenvalue weighted by Gasteiger charge is -2.20. The molecule has 0 unspecified atom stereocenters. The molecular weight excluding hydrogens is 286 g/mol. The Labute approximate surface area is 116 Å². The summed E-state index contributed by atoms with van der Waals surface area (Å²) in [5.74, 6) is 0. The lowest BCUT2D eigenvalue weighted by Crippen LogP contribution is -2.06. The molecule has 1 aliphatic rings. The SMILES string of the molecule is Brc1cccc(Nc2cccc3c2CCCC3)c1. The van der Waals surface area contributed by atoms with Crippen molar-refractivity contribution in [2.75, 3.05) is 5.32 Å². The van der Waals surface area contributed by atoms with E-state index in [1.165, 1.54) is 42.5 Å². The average molecular weight is 302 g/mol. The van der Waals surface area contributed by atoms with E-state index in [9.17, 15) is 0 Å². The molecule has 0 spiro atoms. The van der Waals surface area contributed by atoms with Gasteiger partial charge in [-0.25, -0.2) is 0 Å². The van der Waals surface area contributed by atoms with Crippen LogP contribution in [0.5, 0.6) is 0 Å². The molecule has 1 nitrogen and oxygen atoms in total. The van der Waals surface area contributed by atoms with Crippen LogP contribution in [-0.2, 0) is 12.8 Å². The summed E-state index contributed by atoms with van der Waals surface area (Å²) in [6.45, 7) is 0. The van der Waals surface area contributed by atoms with Gasteiger partial charge in [0.25, 0.3) is 0 Å². The number of fused-ring (bicyclic) bond motifs is 1. The smallest absolute Gasteiger partial charge is 0.0419 e. The maximum absolute atomic E-state index is 3.54. The normalized spacial score (nSPS) is 14.1. The van der Waals surface area contributed by atoms with Gasteiger partial charge in [0.2, 0.25) is 0 Å². The fourth-order valence-corrected chi connectivity index (χ4v) is 3.02. The molecule has 2 aromatic carbocycles. The fourth-order valence-electron chi connectivity index (χ4n) is 2.62. The molecule has 0 saturated carbocycles. The lowest BCUT2D eigenvalue weighted by molar-refractivity contribution is 0.687. The van der Waals surface area contributed by atoms with Crippen LogP contribution in [0, 0.1) is 0 Å². The van der Waals surface area contributed by atoms with E-state index in [-0.39, 0.29) is 0 Å². The molecule has 0 radical (unpaired) electrons. The molecule has 0 heterocycles. The molecule has 0 amide bonds. The summed E-state index contributed by atoms with van der Waals surface area (Å²) < 4.78 is 1.11. The maximum atomic E-state index is 3.54. The van der Waals surface area contributed by atoms with Gasteiger partial charge in [-0.3, -0.25) is 0 Å². The largest absolute Gasteiger partial charge is 0.355 e. The van der Waals surface area contributed by atoms with Gasteiger partial charge in [0.05, 0.1) is 0 Å². The van der Waals surface area contributed by atoms with Crippen LogP contribution in [0.25, 0.3) is 0 Å². The Morgan fingerprint density at radius 1 is 0.944 bits per heavy atom. The second kappa shape index (κ2) is 5.15. The number of halogens is 1. The van der Waals surface area contributed by atoms with E-state index >= 15 is 0 Å². The third kappa shape index (κ3) is 2.44. The molecule has 2 aromatic rings. The van der Waals surface area contributed by atoms with E-state index < -0.39 is 0 Å². The quantitative estimate of drug-likeness (QED) is 0.816. The first kappa shape index (κ1) is 11.8. The maximum Gasteiger partial charge on any atom is 0.0419 e. The average Bonchev–Trinajstić information content (AvgIpc) is 2.39. The van der Waals surface area contributed by atoms with Gasteiger partial charge in [-0.05, 0) is 61.1 Å². The molecule has 0 fully saturated rings. The van der Waals surface area contributed by atoms with Crippen LogP contribution >= 0.6 is 15.9 Å². The topological polar surface area (TPSA) is 12.0 Å². The van der Waals surface area contributed by atoms with Crippen LogP contribution < -0.4 is 5.32 Å². The van der Waals surface area contributed by atoms with E-state index in [1.54, 1.807) is 0 Å². The Morgan fingerprint density at radius 2 is 1.78 bits per heavy atom. The van der Waals surface area contributed by atoms with Gasteiger partial charge >= 0.3 is 0 Å². The van der Waals surface area contributed by atoms with Crippen molar-refractivity contribution >= 4 is 27.3 Å². The summed E-state index contributed by atoms with van der Waals surface area (Å²) in [5.41, 5.74) is 5.43. The first-order valence-corrected chi connectivity index (χ1v) is 7.25. The summed E-state index contributed by atoms with van der Waals surface area (Å²) in [6, 6.07) is 14.9. The molecule has 2 heteroatoms. The van der Waals surface area contributed by atoms with Gasteiger partial charge < -0.3 is 5.32 Å². The predicted octanol–water partition coefficient (Wildman–Crippen LogP) is 5.07. The number of anilines is 2. The Morgan fingerprint density at radius 3 is 2.67 bits per heavy atom. The summed E-state index contributed by atoms with van der Waals surface area (Å²) in [7, 11) is 0. The third-order valence-corrected chi connectivity index (χ3v) is 3.99. The Hall–Kier alpha value is -1.28. The second-order valence-corrected chi connectivity index (χ2v) is 5.70. The number of aryl methyl sites for hydroxylation is 1. The van der Waals surface area contributed by atoms with Crippen LogP contribution in [0.4, 0.5) is 11.4 Å². The monoisotopic (exact) mass is 301 g/mol. The lowest BCUT2D eigenvalue weighted by atomic mass is 9.90. The van der Waals surface area contributed by atoms with Crippen LogP contribution in [0.3, 0.4) is 0 Å². The third-order valence-electron chi connectivity index (χ3n) is 3.50. The van der Waals surface area contributed by atoms with Crippen molar-refractivity contribution in [2.45, 2.75) is 25.7 Å². The molecule has 0 saturated heterocycles. The zero-order chi connectivity index (χ0) is 12.4. The van der Waals surface area contributed by atoms with Crippen LogP contribution in [0.2, 0.25) is 0 Å². The number of benzene rings is 2.